The van der Waals surface area contributed by atoms with Crippen molar-refractivity contribution in [3.05, 3.63) is 119 Å². The number of benzene rings is 2. The van der Waals surface area contributed by atoms with Gasteiger partial charge in [0.1, 0.15) is 0 Å². The molecule has 1 N–H and O–H groups in total. The molecule has 3 aromatic heterocycles. The van der Waals surface area contributed by atoms with Gasteiger partial charge in [0.15, 0.2) is 4.80 Å². The predicted molar refractivity (Wildman–Crippen MR) is 135 cm³/mol. The smallest absolute Gasteiger partial charge is 0.271 e. The molecular formula is C27H19N3OS2. The van der Waals surface area contributed by atoms with Crippen molar-refractivity contribution in [3.8, 4) is 0 Å². The Labute approximate surface area is 197 Å². The molecule has 0 amide bonds. The van der Waals surface area contributed by atoms with Crippen molar-refractivity contribution >= 4 is 45.3 Å². The van der Waals surface area contributed by atoms with E-state index in [1.807, 2.05) is 29.0 Å². The molecule has 2 aliphatic rings. The molecule has 5 aromatic rings. The third-order valence-corrected chi connectivity index (χ3v) is 8.50. The largest absolute Gasteiger partial charge is 0.361 e. The average Bonchev–Trinajstić information content (AvgIpc) is 3.59. The van der Waals surface area contributed by atoms with Crippen LogP contribution in [-0.4, -0.2) is 9.55 Å². The number of aromatic nitrogens is 2. The number of H-pyrrole nitrogens is 1. The third-order valence-electron chi connectivity index (χ3n) is 6.59. The van der Waals surface area contributed by atoms with Crippen LogP contribution in [0.4, 0.5) is 0 Å². The molecule has 1 atom stereocenters. The van der Waals surface area contributed by atoms with E-state index in [1.165, 1.54) is 32.9 Å². The summed E-state index contributed by atoms with van der Waals surface area (Å²) in [6.45, 7) is 0. The van der Waals surface area contributed by atoms with E-state index >= 15 is 0 Å². The summed E-state index contributed by atoms with van der Waals surface area (Å²) in [6, 6.07) is 20.8. The van der Waals surface area contributed by atoms with E-state index in [4.69, 9.17) is 4.99 Å². The van der Waals surface area contributed by atoms with Gasteiger partial charge in [-0.15, -0.1) is 11.3 Å². The Morgan fingerprint density at radius 1 is 1.03 bits per heavy atom. The number of nitrogens with zero attached hydrogens (tertiary/aromatic N) is 2. The first-order valence-electron chi connectivity index (χ1n) is 11.0. The Kier molecular flexibility index (Phi) is 4.19. The highest BCUT2D eigenvalue weighted by atomic mass is 32.1. The highest BCUT2D eigenvalue weighted by Gasteiger charge is 2.32. The zero-order chi connectivity index (χ0) is 21.9. The molecule has 4 heterocycles. The van der Waals surface area contributed by atoms with Gasteiger partial charge in [-0.1, -0.05) is 59.9 Å². The number of thiophene rings is 1. The molecular weight excluding hydrogens is 446 g/mol. The fraction of sp³-hybridized carbons (Fsp3) is 0.111. The van der Waals surface area contributed by atoms with Crippen LogP contribution in [0.2, 0.25) is 0 Å². The summed E-state index contributed by atoms with van der Waals surface area (Å²) in [5.74, 6) is 0. The molecule has 0 saturated carbocycles. The third kappa shape index (κ3) is 2.88. The van der Waals surface area contributed by atoms with Crippen molar-refractivity contribution in [1.29, 1.82) is 0 Å². The van der Waals surface area contributed by atoms with Crippen molar-refractivity contribution in [2.45, 2.75) is 18.9 Å². The molecule has 7 rings (SSSR count). The zero-order valence-corrected chi connectivity index (χ0v) is 19.2. The number of hydrogen-bond acceptors (Lipinski definition) is 4. The highest BCUT2D eigenvalue weighted by molar-refractivity contribution is 7.10. The Bertz CT molecular complexity index is 1750. The van der Waals surface area contributed by atoms with Gasteiger partial charge in [-0.25, -0.2) is 4.99 Å². The molecule has 4 nitrogen and oxygen atoms in total. The van der Waals surface area contributed by atoms with Gasteiger partial charge >= 0.3 is 0 Å². The first-order valence-corrected chi connectivity index (χ1v) is 12.7. The van der Waals surface area contributed by atoms with Crippen LogP contribution in [0.3, 0.4) is 0 Å². The zero-order valence-electron chi connectivity index (χ0n) is 17.6. The summed E-state index contributed by atoms with van der Waals surface area (Å²) < 4.78 is 2.64. The number of aromatic amines is 1. The van der Waals surface area contributed by atoms with Crippen molar-refractivity contribution in [2.24, 2.45) is 4.99 Å². The number of nitrogens with one attached hydrogen (secondary N) is 1. The van der Waals surface area contributed by atoms with Crippen molar-refractivity contribution in [3.63, 3.8) is 0 Å². The number of thiazole rings is 1. The summed E-state index contributed by atoms with van der Waals surface area (Å²) in [4.78, 5) is 24.1. The van der Waals surface area contributed by atoms with Crippen LogP contribution in [-0.2, 0) is 6.42 Å². The standard InChI is InChI=1S/C27H19N3OS2/c31-26-23(14-17-15-28-21-9-4-3-7-18(17)21)33-27-29-24-19-8-2-1-6-16(19)11-12-20(24)25(30(26)27)22-10-5-13-32-22/h1-10,13-15,25,28H,11-12H2. The number of para-hydroxylation sites is 1. The predicted octanol–water partition coefficient (Wildman–Crippen LogP) is 4.86. The minimum Gasteiger partial charge on any atom is -0.361 e. The highest BCUT2D eigenvalue weighted by Crippen LogP contribution is 2.42. The van der Waals surface area contributed by atoms with Gasteiger partial charge in [0.2, 0.25) is 0 Å². The minimum atomic E-state index is -0.0882. The average molecular weight is 466 g/mol. The van der Waals surface area contributed by atoms with E-state index in [0.29, 0.717) is 4.53 Å². The molecule has 0 radical (unpaired) electrons. The van der Waals surface area contributed by atoms with Gasteiger partial charge in [0.05, 0.1) is 16.3 Å². The van der Waals surface area contributed by atoms with Crippen LogP contribution in [0.25, 0.3) is 22.7 Å². The van der Waals surface area contributed by atoms with Gasteiger partial charge in [-0.05, 0) is 47.6 Å². The molecule has 6 heteroatoms. The van der Waals surface area contributed by atoms with E-state index in [-0.39, 0.29) is 11.6 Å². The van der Waals surface area contributed by atoms with Gasteiger partial charge < -0.3 is 4.98 Å². The first-order chi connectivity index (χ1) is 16.3. The van der Waals surface area contributed by atoms with Crippen LogP contribution >= 0.6 is 22.7 Å². The lowest BCUT2D eigenvalue weighted by atomic mass is 9.85. The molecule has 0 bridgehead atoms. The molecule has 1 unspecified atom stereocenters. The second-order valence-corrected chi connectivity index (χ2v) is 10.4. The second-order valence-electron chi connectivity index (χ2n) is 8.42. The van der Waals surface area contributed by atoms with Crippen LogP contribution in [0.5, 0.6) is 0 Å². The molecule has 33 heavy (non-hydrogen) atoms. The van der Waals surface area contributed by atoms with Gasteiger partial charge in [-0.2, -0.15) is 0 Å². The summed E-state index contributed by atoms with van der Waals surface area (Å²) in [5.41, 5.74) is 6.97. The Hall–Kier alpha value is -3.48. The summed E-state index contributed by atoms with van der Waals surface area (Å²) >= 11 is 3.19. The maximum absolute atomic E-state index is 13.8. The lowest BCUT2D eigenvalue weighted by molar-refractivity contribution is 0.593. The first kappa shape index (κ1) is 19.0. The monoisotopic (exact) mass is 465 g/mol. The Morgan fingerprint density at radius 2 is 1.91 bits per heavy atom. The molecule has 0 fully saturated rings. The summed E-state index contributed by atoms with van der Waals surface area (Å²) in [7, 11) is 0. The Morgan fingerprint density at radius 3 is 2.82 bits per heavy atom. The lowest BCUT2D eigenvalue weighted by Crippen LogP contribution is -2.38. The molecule has 160 valence electrons. The fourth-order valence-electron chi connectivity index (χ4n) is 5.07. The van der Waals surface area contributed by atoms with Gasteiger partial charge in [0.25, 0.3) is 5.56 Å². The normalized spacial score (nSPS) is 17.6. The van der Waals surface area contributed by atoms with Gasteiger partial charge in [0, 0.05) is 33.1 Å². The van der Waals surface area contributed by atoms with Crippen LogP contribution in [0, 0.1) is 0 Å². The quantitative estimate of drug-likeness (QED) is 0.398. The van der Waals surface area contributed by atoms with E-state index in [1.54, 1.807) is 11.3 Å². The Balaban J connectivity index is 1.50. The van der Waals surface area contributed by atoms with E-state index < -0.39 is 0 Å². The SMILES string of the molecule is O=c1c(=Cc2c[nH]c3ccccc23)sc2n1C(c1cccs1)C1=C(N=2)c2ccccc2CC1. The van der Waals surface area contributed by atoms with E-state index in [0.717, 1.165) is 39.8 Å². The van der Waals surface area contributed by atoms with Crippen LogP contribution in [0.15, 0.2) is 87.6 Å². The van der Waals surface area contributed by atoms with E-state index in [9.17, 15) is 4.79 Å². The van der Waals surface area contributed by atoms with Crippen LogP contribution < -0.4 is 14.9 Å². The molecule has 1 aliphatic heterocycles. The summed E-state index contributed by atoms with van der Waals surface area (Å²) in [5, 5.41) is 3.21. The number of rotatable bonds is 2. The van der Waals surface area contributed by atoms with E-state index in [2.05, 4.69) is 58.9 Å². The lowest BCUT2D eigenvalue weighted by Gasteiger charge is -2.30. The number of allylic oxidation sites excluding steroid dienone is 1. The van der Waals surface area contributed by atoms with Crippen LogP contribution in [0.1, 0.15) is 34.0 Å². The molecule has 0 spiro atoms. The fourth-order valence-corrected chi connectivity index (χ4v) is 6.91. The minimum absolute atomic E-state index is 0.0350. The molecule has 0 saturated heterocycles. The van der Waals surface area contributed by atoms with Crippen molar-refractivity contribution in [1.82, 2.24) is 9.55 Å². The summed E-state index contributed by atoms with van der Waals surface area (Å²) in [6.07, 6.45) is 5.88. The van der Waals surface area contributed by atoms with Crippen molar-refractivity contribution < 1.29 is 0 Å². The number of aryl methyl sites for hydroxylation is 1. The van der Waals surface area contributed by atoms with Crippen molar-refractivity contribution in [2.75, 3.05) is 0 Å². The second kappa shape index (κ2) is 7.27. The maximum atomic E-state index is 13.8. The molecule has 1 aliphatic carbocycles. The maximum Gasteiger partial charge on any atom is 0.271 e. The number of fused-ring (bicyclic) bond motifs is 4. The molecule has 2 aromatic carbocycles. The number of hydrogen-bond donors (Lipinski definition) is 1. The topological polar surface area (TPSA) is 50.1 Å². The van der Waals surface area contributed by atoms with Gasteiger partial charge in [-0.3, -0.25) is 9.36 Å².